The first-order chi connectivity index (χ1) is 8.80. The number of carbonyl (C=O) groups is 1. The van der Waals surface area contributed by atoms with Gasteiger partial charge >= 0.3 is 5.97 Å². The van der Waals surface area contributed by atoms with Crippen molar-refractivity contribution < 1.29 is 23.4 Å². The third kappa shape index (κ3) is 2.78. The number of hydrogen-bond acceptors (Lipinski definition) is 4. The lowest BCUT2D eigenvalue weighted by atomic mass is 10.1. The van der Waals surface area contributed by atoms with E-state index in [4.69, 9.17) is 10.2 Å². The van der Waals surface area contributed by atoms with Crippen LogP contribution in [0.1, 0.15) is 28.8 Å². The van der Waals surface area contributed by atoms with Crippen LogP contribution in [0.25, 0.3) is 0 Å². The molecule has 3 N–H and O–H groups in total. The van der Waals surface area contributed by atoms with Gasteiger partial charge in [0.2, 0.25) is 10.0 Å². The molecule has 7 heteroatoms. The molecule has 0 atom stereocenters. The molecule has 0 amide bonds. The molecular formula is C12H15NO5S. The summed E-state index contributed by atoms with van der Waals surface area (Å²) in [5.74, 6) is -1.18. The van der Waals surface area contributed by atoms with Crippen molar-refractivity contribution in [3.05, 3.63) is 29.3 Å². The van der Waals surface area contributed by atoms with Crippen LogP contribution < -0.4 is 4.72 Å². The lowest BCUT2D eigenvalue weighted by Crippen LogP contribution is -2.39. The van der Waals surface area contributed by atoms with Crippen molar-refractivity contribution in [2.24, 2.45) is 0 Å². The number of aliphatic hydroxyl groups excluding tert-OH is 1. The minimum Gasteiger partial charge on any atom is -0.478 e. The van der Waals surface area contributed by atoms with Gasteiger partial charge in [0.1, 0.15) is 0 Å². The highest BCUT2D eigenvalue weighted by molar-refractivity contribution is 7.89. The summed E-state index contributed by atoms with van der Waals surface area (Å²) in [6, 6.07) is 3.94. The number of aryl methyl sites for hydroxylation is 1. The van der Waals surface area contributed by atoms with Crippen molar-refractivity contribution >= 4 is 16.0 Å². The molecule has 2 rings (SSSR count). The van der Waals surface area contributed by atoms with Crippen LogP contribution in [0.3, 0.4) is 0 Å². The Labute approximate surface area is 111 Å². The average molecular weight is 285 g/mol. The molecule has 1 saturated carbocycles. The van der Waals surface area contributed by atoms with E-state index in [1.165, 1.54) is 12.1 Å². The molecule has 0 aliphatic heterocycles. The van der Waals surface area contributed by atoms with E-state index in [2.05, 4.69) is 4.72 Å². The Morgan fingerprint density at radius 3 is 2.53 bits per heavy atom. The number of aromatic carboxylic acids is 1. The molecule has 6 nitrogen and oxygen atoms in total. The molecule has 19 heavy (non-hydrogen) atoms. The van der Waals surface area contributed by atoms with Crippen molar-refractivity contribution in [3.8, 4) is 0 Å². The van der Waals surface area contributed by atoms with E-state index in [0.29, 0.717) is 18.4 Å². The van der Waals surface area contributed by atoms with E-state index in [1.807, 2.05) is 0 Å². The lowest BCUT2D eigenvalue weighted by molar-refractivity contribution is 0.0696. The molecule has 1 fully saturated rings. The molecule has 0 unspecified atom stereocenters. The fourth-order valence-corrected chi connectivity index (χ4v) is 3.53. The molecule has 0 saturated heterocycles. The Balaban J connectivity index is 2.40. The fraction of sp³-hybridized carbons (Fsp3) is 0.417. The van der Waals surface area contributed by atoms with E-state index in [-0.39, 0.29) is 17.1 Å². The number of sulfonamides is 1. The van der Waals surface area contributed by atoms with Gasteiger partial charge < -0.3 is 10.2 Å². The monoisotopic (exact) mass is 285 g/mol. The number of aliphatic hydroxyl groups is 1. The van der Waals surface area contributed by atoms with E-state index in [0.717, 1.165) is 6.07 Å². The normalized spacial score (nSPS) is 17.2. The summed E-state index contributed by atoms with van der Waals surface area (Å²) < 4.78 is 26.9. The Bertz CT molecular complexity index is 619. The minimum absolute atomic E-state index is 0.0628. The van der Waals surface area contributed by atoms with Crippen LogP contribution in [0.15, 0.2) is 23.1 Å². The number of carboxylic acids is 1. The quantitative estimate of drug-likeness (QED) is 0.730. The summed E-state index contributed by atoms with van der Waals surface area (Å²) in [5, 5.41) is 18.1. The summed E-state index contributed by atoms with van der Waals surface area (Å²) in [4.78, 5) is 10.8. The summed E-state index contributed by atoms with van der Waals surface area (Å²) in [6.45, 7) is 1.34. The van der Waals surface area contributed by atoms with Gasteiger partial charge in [-0.15, -0.1) is 0 Å². The second-order valence-electron chi connectivity index (χ2n) is 4.83. The molecule has 0 spiro atoms. The lowest BCUT2D eigenvalue weighted by Gasteiger charge is -2.16. The standard InChI is InChI=1S/C12H15NO5S/c1-8-2-3-9(11(15)16)6-10(8)19(17,18)13-12(7-14)4-5-12/h2-3,6,13-14H,4-5,7H2,1H3,(H,15,16). The minimum atomic E-state index is -3.83. The molecule has 0 heterocycles. The molecule has 0 radical (unpaired) electrons. The Hall–Kier alpha value is -1.44. The smallest absolute Gasteiger partial charge is 0.335 e. The molecule has 1 aliphatic carbocycles. The summed E-state index contributed by atoms with van der Waals surface area (Å²) in [7, 11) is -3.83. The zero-order chi connectivity index (χ0) is 14.3. The number of rotatable bonds is 5. The van der Waals surface area contributed by atoms with Crippen LogP contribution in [0.4, 0.5) is 0 Å². The van der Waals surface area contributed by atoms with Gasteiger partial charge in [-0.3, -0.25) is 0 Å². The van der Waals surface area contributed by atoms with Crippen LogP contribution in [0, 0.1) is 6.92 Å². The maximum atomic E-state index is 12.2. The van der Waals surface area contributed by atoms with Gasteiger partial charge in [-0.2, -0.15) is 0 Å². The van der Waals surface area contributed by atoms with Crippen LogP contribution in [-0.4, -0.2) is 36.7 Å². The SMILES string of the molecule is Cc1ccc(C(=O)O)cc1S(=O)(=O)NC1(CO)CC1. The third-order valence-electron chi connectivity index (χ3n) is 3.23. The van der Waals surface area contributed by atoms with Crippen molar-refractivity contribution in [1.82, 2.24) is 4.72 Å². The Kier molecular flexibility index (Phi) is 3.38. The summed E-state index contributed by atoms with van der Waals surface area (Å²) in [6.07, 6.45) is 1.17. The largest absolute Gasteiger partial charge is 0.478 e. The Morgan fingerprint density at radius 1 is 1.42 bits per heavy atom. The van der Waals surface area contributed by atoms with Gasteiger partial charge in [0.05, 0.1) is 22.6 Å². The number of hydrogen-bond donors (Lipinski definition) is 3. The predicted molar refractivity (Wildman–Crippen MR) is 67.5 cm³/mol. The van der Waals surface area contributed by atoms with Crippen molar-refractivity contribution in [2.75, 3.05) is 6.61 Å². The second-order valence-corrected chi connectivity index (χ2v) is 6.48. The van der Waals surface area contributed by atoms with Gasteiger partial charge in [0, 0.05) is 0 Å². The van der Waals surface area contributed by atoms with Gasteiger partial charge in [-0.05, 0) is 37.5 Å². The average Bonchev–Trinajstić information content (AvgIpc) is 3.08. The van der Waals surface area contributed by atoms with Crippen molar-refractivity contribution in [2.45, 2.75) is 30.2 Å². The fourth-order valence-electron chi connectivity index (χ4n) is 1.81. The Morgan fingerprint density at radius 2 is 2.05 bits per heavy atom. The maximum Gasteiger partial charge on any atom is 0.335 e. The summed E-state index contributed by atoms with van der Waals surface area (Å²) in [5.41, 5.74) is -0.393. The van der Waals surface area contributed by atoms with Gasteiger partial charge in [0.25, 0.3) is 0 Å². The van der Waals surface area contributed by atoms with E-state index in [9.17, 15) is 13.2 Å². The third-order valence-corrected chi connectivity index (χ3v) is 4.95. The van der Waals surface area contributed by atoms with Gasteiger partial charge in [-0.1, -0.05) is 6.07 Å². The van der Waals surface area contributed by atoms with Crippen LogP contribution in [-0.2, 0) is 10.0 Å². The second kappa shape index (κ2) is 4.59. The summed E-state index contributed by atoms with van der Waals surface area (Å²) >= 11 is 0. The highest BCUT2D eigenvalue weighted by atomic mass is 32.2. The highest BCUT2D eigenvalue weighted by Gasteiger charge is 2.45. The molecule has 0 aromatic heterocycles. The van der Waals surface area contributed by atoms with Crippen LogP contribution in [0.2, 0.25) is 0 Å². The van der Waals surface area contributed by atoms with E-state index >= 15 is 0 Å². The molecule has 1 aliphatic rings. The zero-order valence-electron chi connectivity index (χ0n) is 10.4. The number of nitrogens with one attached hydrogen (secondary N) is 1. The van der Waals surface area contributed by atoms with Gasteiger partial charge in [0.15, 0.2) is 0 Å². The van der Waals surface area contributed by atoms with E-state index < -0.39 is 21.5 Å². The highest BCUT2D eigenvalue weighted by Crippen LogP contribution is 2.36. The first-order valence-corrected chi connectivity index (χ1v) is 7.27. The van der Waals surface area contributed by atoms with Gasteiger partial charge in [-0.25, -0.2) is 17.9 Å². The molecule has 1 aromatic rings. The van der Waals surface area contributed by atoms with Crippen molar-refractivity contribution in [1.29, 1.82) is 0 Å². The molecule has 104 valence electrons. The molecule has 1 aromatic carbocycles. The molecular weight excluding hydrogens is 270 g/mol. The first-order valence-electron chi connectivity index (χ1n) is 5.78. The van der Waals surface area contributed by atoms with E-state index in [1.54, 1.807) is 6.92 Å². The topological polar surface area (TPSA) is 104 Å². The molecule has 0 bridgehead atoms. The van der Waals surface area contributed by atoms with Crippen LogP contribution >= 0.6 is 0 Å². The number of carboxylic acid groups (broad SMARTS) is 1. The van der Waals surface area contributed by atoms with Crippen molar-refractivity contribution in [3.63, 3.8) is 0 Å². The first kappa shape index (κ1) is 14.0. The van der Waals surface area contributed by atoms with Crippen LogP contribution in [0.5, 0.6) is 0 Å². The number of benzene rings is 1. The predicted octanol–water partition coefficient (Wildman–Crippen LogP) is 0.496. The zero-order valence-corrected chi connectivity index (χ0v) is 11.2. The maximum absolute atomic E-state index is 12.2.